The van der Waals surface area contributed by atoms with Crippen molar-refractivity contribution in [3.8, 4) is 5.75 Å². The number of halogens is 1. The van der Waals surface area contributed by atoms with Gasteiger partial charge < -0.3 is 19.5 Å². The molecule has 4 rings (SSSR count). The molecule has 12 heteroatoms. The van der Waals surface area contributed by atoms with Gasteiger partial charge in [0.15, 0.2) is 0 Å². The molecule has 0 spiro atoms. The molecule has 1 unspecified atom stereocenters. The first kappa shape index (κ1) is 26.2. The van der Waals surface area contributed by atoms with Gasteiger partial charge in [-0.1, -0.05) is 34.1 Å². The molecule has 190 valence electrons. The Balaban J connectivity index is 1.49. The van der Waals surface area contributed by atoms with Gasteiger partial charge in [-0.25, -0.2) is 9.59 Å². The van der Waals surface area contributed by atoms with Crippen LogP contribution in [0, 0.1) is 0 Å². The summed E-state index contributed by atoms with van der Waals surface area (Å²) in [4.78, 5) is 53.5. The first-order valence-corrected chi connectivity index (χ1v) is 14.0. The summed E-state index contributed by atoms with van der Waals surface area (Å²) in [7, 11) is 1.55. The topological polar surface area (TPSA) is 111 Å². The molecule has 2 atom stereocenters. The number of ether oxygens (including phenoxy) is 3. The highest BCUT2D eigenvalue weighted by atomic mass is 79.9. The zero-order valence-electron chi connectivity index (χ0n) is 19.2. The number of nitrogens with zero attached hydrogens (tertiary/aromatic N) is 1. The van der Waals surface area contributed by atoms with Gasteiger partial charge in [0.25, 0.3) is 5.91 Å². The van der Waals surface area contributed by atoms with Crippen molar-refractivity contribution in [2.24, 2.45) is 0 Å². The van der Waals surface area contributed by atoms with E-state index in [0.717, 1.165) is 4.88 Å². The second kappa shape index (κ2) is 11.9. The van der Waals surface area contributed by atoms with E-state index in [1.165, 1.54) is 28.0 Å². The van der Waals surface area contributed by atoms with Crippen LogP contribution < -0.4 is 10.1 Å². The minimum atomic E-state index is -0.807. The average Bonchev–Trinajstić information content (AvgIpc) is 3.41. The van der Waals surface area contributed by atoms with Crippen LogP contribution in [0.25, 0.3) is 0 Å². The fraction of sp³-hybridized carbons (Fsp3) is 0.333. The Morgan fingerprint density at radius 1 is 1.14 bits per heavy atom. The summed E-state index contributed by atoms with van der Waals surface area (Å²) in [5.74, 6) is -1.46. The Morgan fingerprint density at radius 2 is 1.92 bits per heavy atom. The van der Waals surface area contributed by atoms with Crippen molar-refractivity contribution >= 4 is 62.8 Å². The minimum Gasteiger partial charge on any atom is -0.497 e. The summed E-state index contributed by atoms with van der Waals surface area (Å²) in [6.45, 7) is 0.0524. The molecule has 0 radical (unpaired) electrons. The number of hydrogen-bond acceptors (Lipinski definition) is 9. The molecule has 1 aromatic carbocycles. The minimum absolute atomic E-state index is 0.0587. The Kier molecular flexibility index (Phi) is 8.70. The molecule has 2 aromatic rings. The standard InChI is InChI=1S/C24H23BrN2O7S2/c1-32-15-6-4-14(5-7-15)12-34-24(31)20-17(23(30)33-9-8-25)13-36-22-19(21(29)27(20)22)26-18(28)11-16-3-2-10-35-16/h2-7,10,19,22H,8-9,11-13H2,1H3,(H,26,28)/t19?,22-/m0/s1. The molecule has 0 bridgehead atoms. The summed E-state index contributed by atoms with van der Waals surface area (Å²) in [5.41, 5.74) is 0.637. The second-order valence-electron chi connectivity index (χ2n) is 7.79. The number of carbonyl (C=O) groups excluding carboxylic acids is 4. The molecular formula is C24H23BrN2O7S2. The highest BCUT2D eigenvalue weighted by Gasteiger charge is 2.55. The summed E-state index contributed by atoms with van der Waals surface area (Å²) >= 11 is 5.94. The second-order valence-corrected chi connectivity index (χ2v) is 10.7. The number of methoxy groups -OCH3 is 1. The maximum Gasteiger partial charge on any atom is 0.356 e. The number of thiophene rings is 1. The highest BCUT2D eigenvalue weighted by molar-refractivity contribution is 9.09. The van der Waals surface area contributed by atoms with Crippen molar-refractivity contribution in [3.05, 3.63) is 63.5 Å². The van der Waals surface area contributed by atoms with Crippen molar-refractivity contribution in [3.63, 3.8) is 0 Å². The number of β-lactam (4-membered cyclic amide) rings is 1. The fourth-order valence-corrected chi connectivity index (χ4v) is 5.91. The normalized spacial score (nSPS) is 18.7. The van der Waals surface area contributed by atoms with E-state index in [4.69, 9.17) is 14.2 Å². The summed E-state index contributed by atoms with van der Waals surface area (Å²) in [6, 6.07) is 9.87. The number of nitrogens with one attached hydrogen (secondary N) is 1. The van der Waals surface area contributed by atoms with Crippen LogP contribution in [-0.2, 0) is 41.7 Å². The van der Waals surface area contributed by atoms with Gasteiger partial charge in [0.1, 0.15) is 36.1 Å². The lowest BCUT2D eigenvalue weighted by Crippen LogP contribution is -2.70. The smallest absolute Gasteiger partial charge is 0.356 e. The third-order valence-corrected chi connectivity index (χ3v) is 7.96. The van der Waals surface area contributed by atoms with E-state index in [-0.39, 0.29) is 42.6 Å². The molecule has 1 fully saturated rings. The first-order valence-electron chi connectivity index (χ1n) is 11.0. The molecule has 2 aliphatic rings. The molecule has 9 nitrogen and oxygen atoms in total. The van der Waals surface area contributed by atoms with Crippen molar-refractivity contribution in [1.29, 1.82) is 0 Å². The lowest BCUT2D eigenvalue weighted by Gasteiger charge is -2.49. The van der Waals surface area contributed by atoms with Gasteiger partial charge in [0.2, 0.25) is 5.91 Å². The van der Waals surface area contributed by atoms with Crippen LogP contribution in [0.5, 0.6) is 5.75 Å². The van der Waals surface area contributed by atoms with Crippen LogP contribution in [0.15, 0.2) is 53.0 Å². The molecule has 0 aliphatic carbocycles. The quantitative estimate of drug-likeness (QED) is 0.254. The molecule has 1 N–H and O–H groups in total. The zero-order chi connectivity index (χ0) is 25.7. The van der Waals surface area contributed by atoms with E-state index in [1.54, 1.807) is 31.4 Å². The number of amides is 2. The van der Waals surface area contributed by atoms with E-state index in [0.29, 0.717) is 16.6 Å². The van der Waals surface area contributed by atoms with Gasteiger partial charge in [-0.15, -0.1) is 23.1 Å². The molecule has 2 amide bonds. The SMILES string of the molecule is COc1ccc(COC(=O)C2=C(C(=O)OCCBr)CS[C@H]3C(NC(=O)Cc4cccs4)C(=O)N23)cc1. The number of esters is 2. The lowest BCUT2D eigenvalue weighted by molar-refractivity contribution is -0.154. The predicted molar refractivity (Wildman–Crippen MR) is 138 cm³/mol. The van der Waals surface area contributed by atoms with Crippen molar-refractivity contribution < 1.29 is 33.4 Å². The van der Waals surface area contributed by atoms with E-state index in [1.807, 2.05) is 17.5 Å². The van der Waals surface area contributed by atoms with Crippen LogP contribution >= 0.6 is 39.0 Å². The van der Waals surface area contributed by atoms with Gasteiger partial charge >= 0.3 is 11.9 Å². The number of carbonyl (C=O) groups is 4. The lowest BCUT2D eigenvalue weighted by atomic mass is 10.0. The Morgan fingerprint density at radius 3 is 2.58 bits per heavy atom. The number of thioether (sulfide) groups is 1. The monoisotopic (exact) mass is 594 g/mol. The number of benzene rings is 1. The van der Waals surface area contributed by atoms with Crippen LogP contribution in [-0.4, -0.2) is 64.9 Å². The Hall–Kier alpha value is -2.83. The van der Waals surface area contributed by atoms with Crippen LogP contribution in [0.2, 0.25) is 0 Å². The summed E-state index contributed by atoms with van der Waals surface area (Å²) < 4.78 is 15.8. The molecule has 2 aliphatic heterocycles. The number of hydrogen-bond donors (Lipinski definition) is 1. The Bertz CT molecular complexity index is 1170. The van der Waals surface area contributed by atoms with E-state index >= 15 is 0 Å². The molecule has 1 aromatic heterocycles. The van der Waals surface area contributed by atoms with E-state index in [2.05, 4.69) is 21.2 Å². The van der Waals surface area contributed by atoms with Crippen LogP contribution in [0.3, 0.4) is 0 Å². The van der Waals surface area contributed by atoms with Gasteiger partial charge in [-0.05, 0) is 29.1 Å². The number of fused-ring (bicyclic) bond motifs is 1. The van der Waals surface area contributed by atoms with E-state index < -0.39 is 29.3 Å². The van der Waals surface area contributed by atoms with Crippen molar-refractivity contribution in [2.75, 3.05) is 24.8 Å². The fourth-order valence-electron chi connectivity index (χ4n) is 3.72. The number of rotatable bonds is 10. The van der Waals surface area contributed by atoms with Gasteiger partial charge in [0, 0.05) is 16.0 Å². The molecular weight excluding hydrogens is 572 g/mol. The van der Waals surface area contributed by atoms with Crippen LogP contribution in [0.4, 0.5) is 0 Å². The Labute approximate surface area is 224 Å². The summed E-state index contributed by atoms with van der Waals surface area (Å²) in [5, 5.41) is 4.54. The van der Waals surface area contributed by atoms with Gasteiger partial charge in [-0.2, -0.15) is 0 Å². The van der Waals surface area contributed by atoms with Gasteiger partial charge in [0.05, 0.1) is 19.1 Å². The highest BCUT2D eigenvalue weighted by Crippen LogP contribution is 2.41. The first-order chi connectivity index (χ1) is 17.4. The van der Waals surface area contributed by atoms with Crippen molar-refractivity contribution in [1.82, 2.24) is 10.2 Å². The molecule has 3 heterocycles. The summed E-state index contributed by atoms with van der Waals surface area (Å²) in [6.07, 6.45) is 0.162. The van der Waals surface area contributed by atoms with Crippen LogP contribution in [0.1, 0.15) is 10.4 Å². The predicted octanol–water partition coefficient (Wildman–Crippen LogP) is 2.63. The maximum absolute atomic E-state index is 13.1. The molecule has 0 saturated carbocycles. The third kappa shape index (κ3) is 5.76. The third-order valence-electron chi connectivity index (χ3n) is 5.48. The number of alkyl halides is 1. The molecule has 1 saturated heterocycles. The van der Waals surface area contributed by atoms with Gasteiger partial charge in [-0.3, -0.25) is 14.5 Å². The molecule has 36 heavy (non-hydrogen) atoms. The largest absolute Gasteiger partial charge is 0.497 e. The maximum atomic E-state index is 13.1. The van der Waals surface area contributed by atoms with Crippen molar-refractivity contribution in [2.45, 2.75) is 24.4 Å². The average molecular weight is 595 g/mol. The zero-order valence-corrected chi connectivity index (χ0v) is 22.5. The van der Waals surface area contributed by atoms with E-state index in [9.17, 15) is 19.2 Å².